The van der Waals surface area contributed by atoms with Crippen molar-refractivity contribution in [1.29, 1.82) is 0 Å². The molecule has 2 aromatic heterocycles. The summed E-state index contributed by atoms with van der Waals surface area (Å²) in [7, 11) is 0. The molecule has 24 heavy (non-hydrogen) atoms. The molecular formula is C17H18ClN5O. The minimum Gasteiger partial charge on any atom is -0.309 e. The van der Waals surface area contributed by atoms with Crippen LogP contribution in [0.2, 0.25) is 5.02 Å². The molecule has 7 heteroatoms. The van der Waals surface area contributed by atoms with Gasteiger partial charge in [0.15, 0.2) is 5.82 Å². The van der Waals surface area contributed by atoms with Gasteiger partial charge in [-0.1, -0.05) is 23.7 Å². The molecule has 0 unspecified atom stereocenters. The van der Waals surface area contributed by atoms with E-state index < -0.39 is 0 Å². The summed E-state index contributed by atoms with van der Waals surface area (Å²) in [4.78, 5) is 12.0. The third-order valence-corrected chi connectivity index (χ3v) is 3.75. The van der Waals surface area contributed by atoms with E-state index in [9.17, 15) is 4.79 Å². The first-order valence-corrected chi connectivity index (χ1v) is 8.03. The van der Waals surface area contributed by atoms with Crippen molar-refractivity contribution < 1.29 is 4.79 Å². The van der Waals surface area contributed by atoms with Crippen LogP contribution in [0.3, 0.4) is 0 Å². The summed E-state index contributed by atoms with van der Waals surface area (Å²) in [6.45, 7) is 3.14. The van der Waals surface area contributed by atoms with Gasteiger partial charge in [0.1, 0.15) is 0 Å². The second kappa shape index (κ2) is 7.31. The fraction of sp³-hybridized carbons (Fsp3) is 0.235. The maximum absolute atomic E-state index is 12.0. The molecule has 0 bridgehead atoms. The van der Waals surface area contributed by atoms with Gasteiger partial charge in [-0.3, -0.25) is 14.2 Å². The normalized spacial score (nSPS) is 10.8. The van der Waals surface area contributed by atoms with Crippen molar-refractivity contribution in [2.45, 2.75) is 26.4 Å². The summed E-state index contributed by atoms with van der Waals surface area (Å²) in [6.07, 6.45) is 5.87. The highest BCUT2D eigenvalue weighted by atomic mass is 35.5. The minimum atomic E-state index is -0.0834. The number of rotatable bonds is 6. The summed E-state index contributed by atoms with van der Waals surface area (Å²) in [5, 5.41) is 12.0. The zero-order valence-electron chi connectivity index (χ0n) is 13.3. The highest BCUT2D eigenvalue weighted by Crippen LogP contribution is 2.11. The summed E-state index contributed by atoms with van der Waals surface area (Å²) < 4.78 is 3.53. The third-order valence-electron chi connectivity index (χ3n) is 3.50. The average Bonchev–Trinajstić information content (AvgIpc) is 3.17. The Labute approximate surface area is 145 Å². The van der Waals surface area contributed by atoms with Crippen LogP contribution in [0.25, 0.3) is 0 Å². The van der Waals surface area contributed by atoms with Crippen LogP contribution in [-0.2, 0) is 17.9 Å². The molecule has 0 atom stereocenters. The molecule has 0 aliphatic carbocycles. The van der Waals surface area contributed by atoms with Crippen molar-refractivity contribution in [3.8, 4) is 0 Å². The van der Waals surface area contributed by atoms with Crippen molar-refractivity contribution in [2.24, 2.45) is 0 Å². The summed E-state index contributed by atoms with van der Waals surface area (Å²) in [6, 6.07) is 9.38. The fourth-order valence-corrected chi connectivity index (χ4v) is 2.43. The van der Waals surface area contributed by atoms with Gasteiger partial charge in [0.25, 0.3) is 0 Å². The second-order valence-corrected chi connectivity index (χ2v) is 6.04. The Kier molecular flexibility index (Phi) is 4.96. The van der Waals surface area contributed by atoms with Gasteiger partial charge >= 0.3 is 0 Å². The van der Waals surface area contributed by atoms with E-state index in [4.69, 9.17) is 11.6 Å². The van der Waals surface area contributed by atoms with E-state index in [-0.39, 0.29) is 5.91 Å². The van der Waals surface area contributed by atoms with Crippen molar-refractivity contribution >= 4 is 23.3 Å². The van der Waals surface area contributed by atoms with Crippen molar-refractivity contribution in [3.63, 3.8) is 0 Å². The molecule has 2 heterocycles. The molecule has 0 saturated heterocycles. The lowest BCUT2D eigenvalue weighted by molar-refractivity contribution is -0.116. The molecule has 3 aromatic rings. The molecule has 1 amide bonds. The number of aromatic nitrogens is 4. The van der Waals surface area contributed by atoms with Crippen LogP contribution in [0.4, 0.5) is 5.82 Å². The van der Waals surface area contributed by atoms with Crippen LogP contribution in [0.1, 0.15) is 17.5 Å². The highest BCUT2D eigenvalue weighted by molar-refractivity contribution is 6.30. The average molecular weight is 344 g/mol. The Morgan fingerprint density at radius 1 is 1.21 bits per heavy atom. The molecule has 0 spiro atoms. The molecule has 6 nitrogen and oxygen atoms in total. The Balaban J connectivity index is 1.51. The van der Waals surface area contributed by atoms with Gasteiger partial charge in [-0.25, -0.2) is 0 Å². The predicted molar refractivity (Wildman–Crippen MR) is 93.0 cm³/mol. The number of nitrogens with one attached hydrogen (secondary N) is 1. The maximum Gasteiger partial charge on any atom is 0.227 e. The van der Waals surface area contributed by atoms with E-state index in [1.807, 2.05) is 43.6 Å². The smallest absolute Gasteiger partial charge is 0.227 e. The first-order valence-electron chi connectivity index (χ1n) is 7.65. The summed E-state index contributed by atoms with van der Waals surface area (Å²) >= 11 is 5.88. The van der Waals surface area contributed by atoms with Crippen LogP contribution >= 0.6 is 11.6 Å². The number of hydrogen-bond acceptors (Lipinski definition) is 3. The van der Waals surface area contributed by atoms with Gasteiger partial charge in [-0.05, 0) is 30.2 Å². The maximum atomic E-state index is 12.0. The second-order valence-electron chi connectivity index (χ2n) is 5.60. The summed E-state index contributed by atoms with van der Waals surface area (Å²) in [5.74, 6) is 0.463. The molecule has 124 valence electrons. The number of carbonyl (C=O) groups is 1. The first-order chi connectivity index (χ1) is 11.6. The molecule has 1 aromatic carbocycles. The highest BCUT2D eigenvalue weighted by Gasteiger charge is 2.06. The molecular weight excluding hydrogens is 326 g/mol. The zero-order valence-corrected chi connectivity index (χ0v) is 14.1. The van der Waals surface area contributed by atoms with Crippen LogP contribution in [0.15, 0.2) is 48.9 Å². The SMILES string of the molecule is Cc1cnn(CCC(=O)Nc2ccn(Cc3ccc(Cl)cc3)n2)c1. The van der Waals surface area contributed by atoms with Crippen molar-refractivity contribution in [3.05, 3.63) is 65.1 Å². The third kappa shape index (κ3) is 4.45. The lowest BCUT2D eigenvalue weighted by atomic mass is 10.2. The number of hydrogen-bond donors (Lipinski definition) is 1. The van der Waals surface area contributed by atoms with Gasteiger partial charge in [0, 0.05) is 36.4 Å². The predicted octanol–water partition coefficient (Wildman–Crippen LogP) is 3.12. The lowest BCUT2D eigenvalue weighted by Crippen LogP contribution is -2.15. The Bertz CT molecular complexity index is 822. The van der Waals surface area contributed by atoms with Gasteiger partial charge in [-0.2, -0.15) is 10.2 Å². The molecule has 0 fully saturated rings. The van der Waals surface area contributed by atoms with Gasteiger partial charge in [0.2, 0.25) is 5.91 Å². The van der Waals surface area contributed by atoms with Gasteiger partial charge in [0.05, 0.1) is 12.7 Å². The number of benzene rings is 1. The van der Waals surface area contributed by atoms with E-state index in [0.29, 0.717) is 30.4 Å². The van der Waals surface area contributed by atoms with Crippen LogP contribution in [-0.4, -0.2) is 25.5 Å². The van der Waals surface area contributed by atoms with E-state index >= 15 is 0 Å². The van der Waals surface area contributed by atoms with E-state index in [0.717, 1.165) is 11.1 Å². The number of nitrogens with zero attached hydrogens (tertiary/aromatic N) is 4. The zero-order chi connectivity index (χ0) is 16.9. The van der Waals surface area contributed by atoms with Crippen LogP contribution < -0.4 is 5.32 Å². The Morgan fingerprint density at radius 3 is 2.71 bits per heavy atom. The number of carbonyl (C=O) groups excluding carboxylic acids is 1. The largest absolute Gasteiger partial charge is 0.309 e. The van der Waals surface area contributed by atoms with Crippen molar-refractivity contribution in [1.82, 2.24) is 19.6 Å². The monoisotopic (exact) mass is 343 g/mol. The minimum absolute atomic E-state index is 0.0834. The van der Waals surface area contributed by atoms with Gasteiger partial charge in [-0.15, -0.1) is 0 Å². The van der Waals surface area contributed by atoms with Crippen LogP contribution in [0, 0.1) is 6.92 Å². The quantitative estimate of drug-likeness (QED) is 0.748. The molecule has 0 saturated carbocycles. The number of aryl methyl sites for hydroxylation is 2. The van der Waals surface area contributed by atoms with E-state index in [2.05, 4.69) is 15.5 Å². The number of halogens is 1. The first kappa shape index (κ1) is 16.3. The molecule has 0 aliphatic heterocycles. The topological polar surface area (TPSA) is 64.7 Å². The number of amides is 1. The standard InChI is InChI=1S/C17H18ClN5O/c1-13-10-19-22(11-13)9-7-17(24)20-16-6-8-23(21-16)12-14-2-4-15(18)5-3-14/h2-6,8,10-11H,7,9,12H2,1H3,(H,20,21,24). The van der Waals surface area contributed by atoms with Crippen LogP contribution in [0.5, 0.6) is 0 Å². The fourth-order valence-electron chi connectivity index (χ4n) is 2.30. The molecule has 0 radical (unpaired) electrons. The molecule has 0 aliphatic rings. The van der Waals surface area contributed by atoms with E-state index in [1.165, 1.54) is 0 Å². The Hall–Kier alpha value is -2.60. The molecule has 3 rings (SSSR count). The number of anilines is 1. The van der Waals surface area contributed by atoms with Gasteiger partial charge < -0.3 is 5.32 Å². The molecule has 1 N–H and O–H groups in total. The summed E-state index contributed by atoms with van der Waals surface area (Å²) in [5.41, 5.74) is 2.17. The van der Waals surface area contributed by atoms with E-state index in [1.54, 1.807) is 21.6 Å². The Morgan fingerprint density at radius 2 is 2.00 bits per heavy atom. The lowest BCUT2D eigenvalue weighted by Gasteiger charge is -2.04. The van der Waals surface area contributed by atoms with Crippen molar-refractivity contribution in [2.75, 3.05) is 5.32 Å².